The number of fused-ring (bicyclic) bond motifs is 1. The van der Waals surface area contributed by atoms with E-state index >= 15 is 0 Å². The van der Waals surface area contributed by atoms with Crippen molar-refractivity contribution in [1.29, 1.82) is 0 Å². The number of carbonyl (C=O) groups excluding carboxylic acids is 1. The Balaban J connectivity index is 1.45. The summed E-state index contributed by atoms with van der Waals surface area (Å²) in [6.45, 7) is 3.57. The van der Waals surface area contributed by atoms with Crippen LogP contribution in [0.25, 0.3) is 0 Å². The van der Waals surface area contributed by atoms with Crippen molar-refractivity contribution in [2.24, 2.45) is 5.92 Å². The average molecular weight is 300 g/mol. The molecular formula is C17H24N4O. The Morgan fingerprint density at radius 1 is 1.27 bits per heavy atom. The first-order valence-electron chi connectivity index (χ1n) is 8.65. The first-order chi connectivity index (χ1) is 10.8. The first-order valence-corrected chi connectivity index (χ1v) is 8.65. The molecule has 5 nitrogen and oxygen atoms in total. The van der Waals surface area contributed by atoms with E-state index in [1.165, 1.54) is 24.1 Å². The molecule has 1 aromatic heterocycles. The molecule has 1 aliphatic carbocycles. The SMILES string of the molecule is O=C(C1CCCC1)N1CC[C@@H](c2ncc3c(n2)CCNC3)C1. The number of carbonyl (C=O) groups is 1. The smallest absolute Gasteiger partial charge is 0.225 e. The van der Waals surface area contributed by atoms with Crippen LogP contribution in [0.5, 0.6) is 0 Å². The molecule has 3 heterocycles. The molecule has 1 amide bonds. The van der Waals surface area contributed by atoms with Crippen LogP contribution in [-0.2, 0) is 17.8 Å². The third kappa shape index (κ3) is 2.62. The number of amides is 1. The van der Waals surface area contributed by atoms with Gasteiger partial charge in [-0.2, -0.15) is 0 Å². The van der Waals surface area contributed by atoms with Crippen LogP contribution in [0.4, 0.5) is 0 Å². The van der Waals surface area contributed by atoms with E-state index in [-0.39, 0.29) is 5.92 Å². The van der Waals surface area contributed by atoms with Crippen molar-refractivity contribution in [2.45, 2.75) is 51.0 Å². The molecule has 4 rings (SSSR count). The van der Waals surface area contributed by atoms with Gasteiger partial charge in [-0.05, 0) is 19.3 Å². The Morgan fingerprint density at radius 2 is 2.14 bits per heavy atom. The van der Waals surface area contributed by atoms with Crippen molar-refractivity contribution >= 4 is 5.91 Å². The minimum Gasteiger partial charge on any atom is -0.342 e. The molecule has 1 aromatic rings. The van der Waals surface area contributed by atoms with Crippen LogP contribution in [0.1, 0.15) is 55.1 Å². The summed E-state index contributed by atoms with van der Waals surface area (Å²) >= 11 is 0. The lowest BCUT2D eigenvalue weighted by Crippen LogP contribution is -2.33. The minimum absolute atomic E-state index is 0.286. The summed E-state index contributed by atoms with van der Waals surface area (Å²) < 4.78 is 0. The highest BCUT2D eigenvalue weighted by molar-refractivity contribution is 5.79. The predicted molar refractivity (Wildman–Crippen MR) is 83.3 cm³/mol. The van der Waals surface area contributed by atoms with Gasteiger partial charge in [-0.3, -0.25) is 4.79 Å². The van der Waals surface area contributed by atoms with Crippen LogP contribution in [0.2, 0.25) is 0 Å². The van der Waals surface area contributed by atoms with E-state index in [4.69, 9.17) is 4.98 Å². The van der Waals surface area contributed by atoms with Crippen LogP contribution in [0.3, 0.4) is 0 Å². The van der Waals surface area contributed by atoms with Crippen LogP contribution >= 0.6 is 0 Å². The molecule has 1 saturated carbocycles. The van der Waals surface area contributed by atoms with E-state index in [0.29, 0.717) is 11.8 Å². The zero-order valence-electron chi connectivity index (χ0n) is 13.1. The highest BCUT2D eigenvalue weighted by Gasteiger charge is 2.34. The van der Waals surface area contributed by atoms with Gasteiger partial charge in [0.2, 0.25) is 5.91 Å². The van der Waals surface area contributed by atoms with Crippen molar-refractivity contribution < 1.29 is 4.79 Å². The van der Waals surface area contributed by atoms with Gasteiger partial charge in [0.05, 0.1) is 0 Å². The van der Waals surface area contributed by atoms with E-state index in [1.807, 2.05) is 6.20 Å². The fourth-order valence-corrected chi connectivity index (χ4v) is 4.05. The van der Waals surface area contributed by atoms with E-state index in [0.717, 1.165) is 57.7 Å². The molecule has 2 aliphatic heterocycles. The summed E-state index contributed by atoms with van der Waals surface area (Å²) in [7, 11) is 0. The maximum absolute atomic E-state index is 12.5. The maximum Gasteiger partial charge on any atom is 0.225 e. The maximum atomic E-state index is 12.5. The lowest BCUT2D eigenvalue weighted by Gasteiger charge is -2.21. The molecule has 0 unspecified atom stereocenters. The molecule has 118 valence electrons. The van der Waals surface area contributed by atoms with Crippen molar-refractivity contribution in [3.05, 3.63) is 23.3 Å². The summed E-state index contributed by atoms with van der Waals surface area (Å²) in [6, 6.07) is 0. The second-order valence-corrected chi connectivity index (χ2v) is 6.88. The van der Waals surface area contributed by atoms with Crippen LogP contribution in [-0.4, -0.2) is 40.4 Å². The Labute approximate surface area is 131 Å². The molecule has 0 spiro atoms. The number of aromatic nitrogens is 2. The van der Waals surface area contributed by atoms with Gasteiger partial charge < -0.3 is 10.2 Å². The number of likely N-dealkylation sites (tertiary alicyclic amines) is 1. The van der Waals surface area contributed by atoms with Gasteiger partial charge in [0, 0.05) is 61.9 Å². The van der Waals surface area contributed by atoms with Crippen LogP contribution in [0.15, 0.2) is 6.20 Å². The van der Waals surface area contributed by atoms with Gasteiger partial charge in [-0.1, -0.05) is 12.8 Å². The fourth-order valence-electron chi connectivity index (χ4n) is 4.05. The summed E-state index contributed by atoms with van der Waals surface area (Å²) in [5, 5.41) is 3.35. The van der Waals surface area contributed by atoms with Gasteiger partial charge in [-0.15, -0.1) is 0 Å². The Hall–Kier alpha value is -1.49. The highest BCUT2D eigenvalue weighted by atomic mass is 16.2. The van der Waals surface area contributed by atoms with Crippen LogP contribution < -0.4 is 5.32 Å². The Kier molecular flexibility index (Phi) is 3.82. The van der Waals surface area contributed by atoms with Crippen molar-refractivity contribution in [3.8, 4) is 0 Å². The molecular weight excluding hydrogens is 276 g/mol. The first kappa shape index (κ1) is 14.1. The molecule has 0 bridgehead atoms. The lowest BCUT2D eigenvalue weighted by atomic mass is 10.1. The number of nitrogens with one attached hydrogen (secondary N) is 1. The second-order valence-electron chi connectivity index (χ2n) is 6.88. The van der Waals surface area contributed by atoms with Gasteiger partial charge in [0.25, 0.3) is 0 Å². The number of hydrogen-bond acceptors (Lipinski definition) is 4. The second kappa shape index (κ2) is 5.95. The zero-order valence-corrected chi connectivity index (χ0v) is 13.1. The van der Waals surface area contributed by atoms with Gasteiger partial charge in [0.1, 0.15) is 5.82 Å². The zero-order chi connectivity index (χ0) is 14.9. The topological polar surface area (TPSA) is 58.1 Å². The van der Waals surface area contributed by atoms with E-state index in [2.05, 4.69) is 15.2 Å². The summed E-state index contributed by atoms with van der Waals surface area (Å²) in [5.74, 6) is 1.93. The lowest BCUT2D eigenvalue weighted by molar-refractivity contribution is -0.134. The molecule has 3 aliphatic rings. The van der Waals surface area contributed by atoms with Crippen molar-refractivity contribution in [3.63, 3.8) is 0 Å². The summed E-state index contributed by atoms with van der Waals surface area (Å²) in [5.41, 5.74) is 2.43. The number of rotatable bonds is 2. The number of hydrogen-bond donors (Lipinski definition) is 1. The Morgan fingerprint density at radius 3 is 3.00 bits per heavy atom. The normalized spacial score (nSPS) is 25.5. The minimum atomic E-state index is 0.286. The molecule has 0 aromatic carbocycles. The Bertz CT molecular complexity index is 568. The quantitative estimate of drug-likeness (QED) is 0.902. The fraction of sp³-hybridized carbons (Fsp3) is 0.706. The molecule has 1 atom stereocenters. The third-order valence-corrected chi connectivity index (χ3v) is 5.40. The predicted octanol–water partition coefficient (Wildman–Crippen LogP) is 1.63. The molecule has 1 saturated heterocycles. The van der Waals surface area contributed by atoms with Gasteiger partial charge in [0.15, 0.2) is 0 Å². The van der Waals surface area contributed by atoms with Crippen molar-refractivity contribution in [2.75, 3.05) is 19.6 Å². The van der Waals surface area contributed by atoms with Crippen LogP contribution in [0, 0.1) is 5.92 Å². The van der Waals surface area contributed by atoms with E-state index in [1.54, 1.807) is 0 Å². The van der Waals surface area contributed by atoms with E-state index < -0.39 is 0 Å². The van der Waals surface area contributed by atoms with Crippen molar-refractivity contribution in [1.82, 2.24) is 20.2 Å². The third-order valence-electron chi connectivity index (χ3n) is 5.40. The highest BCUT2D eigenvalue weighted by Crippen LogP contribution is 2.31. The standard InChI is InChI=1S/C17H24N4O/c22-17(12-3-1-2-4-12)21-8-6-13(11-21)16-19-10-14-9-18-7-5-15(14)20-16/h10,12-13,18H,1-9,11H2/t13-/m1/s1. The summed E-state index contributed by atoms with van der Waals surface area (Å²) in [4.78, 5) is 24.0. The average Bonchev–Trinajstić information content (AvgIpc) is 3.25. The molecule has 2 fully saturated rings. The largest absolute Gasteiger partial charge is 0.342 e. The molecule has 1 N–H and O–H groups in total. The monoisotopic (exact) mass is 300 g/mol. The van der Waals surface area contributed by atoms with Gasteiger partial charge in [-0.25, -0.2) is 9.97 Å². The number of nitrogens with zero attached hydrogens (tertiary/aromatic N) is 3. The molecule has 5 heteroatoms. The molecule has 0 radical (unpaired) electrons. The van der Waals surface area contributed by atoms with E-state index in [9.17, 15) is 4.79 Å². The van der Waals surface area contributed by atoms with Gasteiger partial charge >= 0.3 is 0 Å². The summed E-state index contributed by atoms with van der Waals surface area (Å²) in [6.07, 6.45) is 8.58. The molecule has 22 heavy (non-hydrogen) atoms.